The van der Waals surface area contributed by atoms with Crippen molar-refractivity contribution in [3.63, 3.8) is 0 Å². The fourth-order valence-corrected chi connectivity index (χ4v) is 3.01. The van der Waals surface area contributed by atoms with E-state index in [1.165, 1.54) is 0 Å². The lowest BCUT2D eigenvalue weighted by molar-refractivity contribution is 0.0767. The summed E-state index contributed by atoms with van der Waals surface area (Å²) in [5.41, 5.74) is 1.90. The maximum Gasteiger partial charge on any atom is 0.142 e. The normalized spacial score (nSPS) is 16.8. The molecule has 27 heavy (non-hydrogen) atoms. The van der Waals surface area contributed by atoms with Gasteiger partial charge in [0.15, 0.2) is 0 Å². The molecule has 1 heterocycles. The molecule has 0 fully saturated rings. The van der Waals surface area contributed by atoms with Gasteiger partial charge in [0.1, 0.15) is 24.7 Å². The average Bonchev–Trinajstić information content (AvgIpc) is 2.68. The zero-order chi connectivity index (χ0) is 18.7. The lowest BCUT2D eigenvalue weighted by Crippen LogP contribution is -2.17. The highest BCUT2D eigenvalue weighted by Gasteiger charge is 2.06. The van der Waals surface area contributed by atoms with E-state index in [4.69, 9.17) is 18.9 Å². The fraction of sp³-hybridized carbons (Fsp3) is 0.400. The standard InChI is InChI=1S/C20H25BrN2O4/c21-16-5-6-20-18(15-16)23-8-10-24-9-7-22-17-3-1-2-4-19(17)26-13-11-25-12-14-27-20/h1-6,15,22-23H,7-14H2. The highest BCUT2D eigenvalue weighted by molar-refractivity contribution is 9.10. The minimum absolute atomic E-state index is 0.477. The Labute approximate surface area is 168 Å². The van der Waals surface area contributed by atoms with Crippen LogP contribution in [0, 0.1) is 0 Å². The maximum absolute atomic E-state index is 5.84. The molecule has 3 rings (SSSR count). The van der Waals surface area contributed by atoms with Crippen LogP contribution >= 0.6 is 15.9 Å². The largest absolute Gasteiger partial charge is 0.489 e. The van der Waals surface area contributed by atoms with Crippen molar-refractivity contribution in [2.75, 3.05) is 63.4 Å². The second kappa shape index (κ2) is 11.0. The number of anilines is 2. The van der Waals surface area contributed by atoms with Gasteiger partial charge in [-0.25, -0.2) is 0 Å². The van der Waals surface area contributed by atoms with Gasteiger partial charge in [-0.15, -0.1) is 0 Å². The average molecular weight is 437 g/mol. The Bertz CT molecular complexity index is 714. The molecule has 0 saturated carbocycles. The van der Waals surface area contributed by atoms with Crippen molar-refractivity contribution in [3.8, 4) is 11.5 Å². The van der Waals surface area contributed by atoms with Crippen LogP contribution in [0.1, 0.15) is 0 Å². The van der Waals surface area contributed by atoms with Gasteiger partial charge in [-0.05, 0) is 30.3 Å². The van der Waals surface area contributed by atoms with Crippen molar-refractivity contribution < 1.29 is 18.9 Å². The van der Waals surface area contributed by atoms with Gasteiger partial charge < -0.3 is 29.6 Å². The molecule has 7 heteroatoms. The monoisotopic (exact) mass is 436 g/mol. The lowest BCUT2D eigenvalue weighted by atomic mass is 10.3. The van der Waals surface area contributed by atoms with Crippen molar-refractivity contribution >= 4 is 27.3 Å². The van der Waals surface area contributed by atoms with Gasteiger partial charge in [0, 0.05) is 17.6 Å². The van der Waals surface area contributed by atoms with Crippen molar-refractivity contribution in [3.05, 3.63) is 46.9 Å². The second-order valence-corrected chi connectivity index (χ2v) is 6.83. The molecule has 0 atom stereocenters. The number of hydrogen-bond acceptors (Lipinski definition) is 6. The van der Waals surface area contributed by atoms with E-state index in [9.17, 15) is 0 Å². The van der Waals surface area contributed by atoms with Crippen LogP contribution in [0.25, 0.3) is 0 Å². The van der Waals surface area contributed by atoms with E-state index in [-0.39, 0.29) is 0 Å². The number of para-hydroxylation sites is 2. The molecule has 0 unspecified atom stereocenters. The summed E-state index contributed by atoms with van der Waals surface area (Å²) in [7, 11) is 0. The van der Waals surface area contributed by atoms with Crippen molar-refractivity contribution in [1.82, 2.24) is 0 Å². The number of fused-ring (bicyclic) bond motifs is 2. The van der Waals surface area contributed by atoms with E-state index in [1.54, 1.807) is 0 Å². The SMILES string of the molecule is Brc1ccc2c(c1)NCCOCCNc1ccccc1OCCOCCO2. The first-order chi connectivity index (χ1) is 13.3. The minimum atomic E-state index is 0.477. The molecule has 6 nitrogen and oxygen atoms in total. The molecular formula is C20H25BrN2O4. The smallest absolute Gasteiger partial charge is 0.142 e. The van der Waals surface area contributed by atoms with Crippen LogP contribution in [0.15, 0.2) is 46.9 Å². The predicted octanol–water partition coefficient (Wildman–Crippen LogP) is 3.78. The molecule has 0 aromatic heterocycles. The van der Waals surface area contributed by atoms with Crippen LogP contribution in [0.5, 0.6) is 11.5 Å². The third-order valence-electron chi connectivity index (χ3n) is 3.92. The molecule has 1 aliphatic heterocycles. The molecule has 2 aromatic carbocycles. The molecule has 0 aliphatic carbocycles. The number of ether oxygens (including phenoxy) is 4. The minimum Gasteiger partial charge on any atom is -0.489 e. The number of benzene rings is 2. The van der Waals surface area contributed by atoms with Gasteiger partial charge in [-0.3, -0.25) is 0 Å². The molecule has 0 spiro atoms. The fourth-order valence-electron chi connectivity index (χ4n) is 2.65. The van der Waals surface area contributed by atoms with Crippen LogP contribution in [-0.2, 0) is 9.47 Å². The van der Waals surface area contributed by atoms with Crippen molar-refractivity contribution in [2.24, 2.45) is 0 Å². The van der Waals surface area contributed by atoms with Gasteiger partial charge in [0.25, 0.3) is 0 Å². The molecule has 0 amide bonds. The summed E-state index contributed by atoms with van der Waals surface area (Å²) in [4.78, 5) is 0. The summed E-state index contributed by atoms with van der Waals surface area (Å²) in [5, 5.41) is 6.72. The first kappa shape index (κ1) is 19.8. The van der Waals surface area contributed by atoms with Gasteiger partial charge in [0.2, 0.25) is 0 Å². The molecule has 0 bridgehead atoms. The van der Waals surface area contributed by atoms with E-state index in [0.717, 1.165) is 27.3 Å². The highest BCUT2D eigenvalue weighted by atomic mass is 79.9. The number of hydrogen-bond donors (Lipinski definition) is 2. The number of nitrogens with one attached hydrogen (secondary N) is 2. The van der Waals surface area contributed by atoms with Crippen LogP contribution in [-0.4, -0.2) is 52.7 Å². The van der Waals surface area contributed by atoms with Gasteiger partial charge in [-0.1, -0.05) is 28.1 Å². The van der Waals surface area contributed by atoms with Crippen LogP contribution in [0.3, 0.4) is 0 Å². The molecule has 0 saturated heterocycles. The van der Waals surface area contributed by atoms with Gasteiger partial charge in [-0.2, -0.15) is 0 Å². The molecule has 1 aliphatic rings. The first-order valence-corrected chi connectivity index (χ1v) is 9.89. The van der Waals surface area contributed by atoms with E-state index >= 15 is 0 Å². The Morgan fingerprint density at radius 1 is 0.667 bits per heavy atom. The molecule has 0 radical (unpaired) electrons. The van der Waals surface area contributed by atoms with Crippen LogP contribution < -0.4 is 20.1 Å². The summed E-state index contributed by atoms with van der Waals surface area (Å²) >= 11 is 3.50. The topological polar surface area (TPSA) is 61.0 Å². The number of halogens is 1. The zero-order valence-corrected chi connectivity index (χ0v) is 16.8. The summed E-state index contributed by atoms with van der Waals surface area (Å²) in [5.74, 6) is 1.62. The molecule has 2 N–H and O–H groups in total. The molecule has 2 aromatic rings. The summed E-state index contributed by atoms with van der Waals surface area (Å²) in [6, 6.07) is 13.8. The zero-order valence-electron chi connectivity index (χ0n) is 15.2. The second-order valence-electron chi connectivity index (χ2n) is 5.91. The summed E-state index contributed by atoms with van der Waals surface area (Å²) in [6.45, 7) is 4.60. The van der Waals surface area contributed by atoms with Crippen LogP contribution in [0.4, 0.5) is 11.4 Å². The van der Waals surface area contributed by atoms with Crippen LogP contribution in [0.2, 0.25) is 0 Å². The van der Waals surface area contributed by atoms with E-state index in [1.807, 2.05) is 42.5 Å². The van der Waals surface area contributed by atoms with Gasteiger partial charge >= 0.3 is 0 Å². The maximum atomic E-state index is 5.84. The summed E-state index contributed by atoms with van der Waals surface area (Å²) in [6.07, 6.45) is 0. The summed E-state index contributed by atoms with van der Waals surface area (Å²) < 4.78 is 24.0. The third kappa shape index (κ3) is 6.61. The Morgan fingerprint density at radius 3 is 2.07 bits per heavy atom. The van der Waals surface area contributed by atoms with E-state index in [0.29, 0.717) is 52.7 Å². The van der Waals surface area contributed by atoms with Gasteiger partial charge in [0.05, 0.1) is 37.8 Å². The first-order valence-electron chi connectivity index (χ1n) is 9.10. The van der Waals surface area contributed by atoms with E-state index < -0.39 is 0 Å². The van der Waals surface area contributed by atoms with Crippen molar-refractivity contribution in [1.29, 1.82) is 0 Å². The molecule has 146 valence electrons. The third-order valence-corrected chi connectivity index (χ3v) is 4.42. The predicted molar refractivity (Wildman–Crippen MR) is 110 cm³/mol. The van der Waals surface area contributed by atoms with E-state index in [2.05, 4.69) is 26.6 Å². The quantitative estimate of drug-likeness (QED) is 0.655. The van der Waals surface area contributed by atoms with Crippen molar-refractivity contribution in [2.45, 2.75) is 0 Å². The molecular weight excluding hydrogens is 412 g/mol. The Kier molecular flexibility index (Phi) is 8.07. The number of rotatable bonds is 0. The highest BCUT2D eigenvalue weighted by Crippen LogP contribution is 2.28. The Hall–Kier alpha value is -1.96. The Balaban J connectivity index is 1.58. The Morgan fingerprint density at radius 2 is 1.30 bits per heavy atom. The lowest BCUT2D eigenvalue weighted by Gasteiger charge is -2.16.